The van der Waals surface area contributed by atoms with Crippen molar-refractivity contribution in [3.8, 4) is 12.3 Å². The first-order valence-corrected chi connectivity index (χ1v) is 5.18. The first kappa shape index (κ1) is 13.0. The zero-order valence-electron chi connectivity index (χ0n) is 9.97. The molecule has 0 aliphatic heterocycles. The summed E-state index contributed by atoms with van der Waals surface area (Å²) in [5.41, 5.74) is 6.18. The lowest BCUT2D eigenvalue weighted by atomic mass is 10.2. The van der Waals surface area contributed by atoms with Gasteiger partial charge in [-0.2, -0.15) is 0 Å². The van der Waals surface area contributed by atoms with Crippen LogP contribution in [0.3, 0.4) is 0 Å². The van der Waals surface area contributed by atoms with Crippen molar-refractivity contribution in [1.29, 1.82) is 0 Å². The highest BCUT2D eigenvalue weighted by Crippen LogP contribution is 2.11. The minimum atomic E-state index is -0.687. The van der Waals surface area contributed by atoms with Gasteiger partial charge < -0.3 is 16.0 Å². The zero-order chi connectivity index (χ0) is 12.8. The van der Waals surface area contributed by atoms with Crippen molar-refractivity contribution >= 4 is 17.4 Å². The van der Waals surface area contributed by atoms with Crippen molar-refractivity contribution < 1.29 is 4.79 Å². The van der Waals surface area contributed by atoms with E-state index in [9.17, 15) is 4.79 Å². The predicted octanol–water partition coefficient (Wildman–Crippen LogP) is 0.437. The molecule has 1 rings (SSSR count). The number of carbonyl (C=O) groups is 1. The Kier molecular flexibility index (Phi) is 4.49. The van der Waals surface area contributed by atoms with Gasteiger partial charge in [-0.1, -0.05) is 0 Å². The third kappa shape index (κ3) is 3.78. The molecule has 90 valence electrons. The quantitative estimate of drug-likeness (QED) is 0.739. The van der Waals surface area contributed by atoms with E-state index in [1.807, 2.05) is 25.1 Å². The molecule has 3 N–H and O–H groups in total. The van der Waals surface area contributed by atoms with Crippen molar-refractivity contribution in [2.75, 3.05) is 24.3 Å². The molecule has 0 bridgehead atoms. The summed E-state index contributed by atoms with van der Waals surface area (Å²) in [6, 6.07) is 2.89. The zero-order valence-corrected chi connectivity index (χ0v) is 9.97. The standard InChI is InChI=1S/C12H16N4O/c1-4-5-10(13)12(17)15-9-6-7-11(14-8-9)16(2)3/h1,6-8,10H,5,13H2,2-3H3,(H,15,17). The number of rotatable bonds is 4. The third-order valence-corrected chi connectivity index (χ3v) is 2.15. The summed E-state index contributed by atoms with van der Waals surface area (Å²) in [6.07, 6.45) is 6.88. The van der Waals surface area contributed by atoms with Crippen LogP contribution >= 0.6 is 0 Å². The SMILES string of the molecule is C#CCC(N)C(=O)Nc1ccc(N(C)C)nc1. The van der Waals surface area contributed by atoms with Crippen molar-refractivity contribution in [2.45, 2.75) is 12.5 Å². The second-order valence-corrected chi connectivity index (χ2v) is 3.80. The van der Waals surface area contributed by atoms with E-state index in [0.717, 1.165) is 5.82 Å². The van der Waals surface area contributed by atoms with Crippen LogP contribution < -0.4 is 16.0 Å². The van der Waals surface area contributed by atoms with Gasteiger partial charge in [-0.15, -0.1) is 12.3 Å². The normalized spacial score (nSPS) is 11.4. The molecule has 1 atom stereocenters. The Balaban J connectivity index is 2.64. The molecule has 0 saturated carbocycles. The van der Waals surface area contributed by atoms with E-state index in [1.54, 1.807) is 12.3 Å². The summed E-state index contributed by atoms with van der Waals surface area (Å²) >= 11 is 0. The van der Waals surface area contributed by atoms with Gasteiger partial charge in [0.25, 0.3) is 0 Å². The summed E-state index contributed by atoms with van der Waals surface area (Å²) in [5.74, 6) is 2.86. The van der Waals surface area contributed by atoms with E-state index in [1.165, 1.54) is 0 Å². The highest BCUT2D eigenvalue weighted by molar-refractivity contribution is 5.94. The number of pyridine rings is 1. The van der Waals surface area contributed by atoms with Crippen molar-refractivity contribution in [1.82, 2.24) is 4.98 Å². The molecule has 0 aromatic carbocycles. The second kappa shape index (κ2) is 5.87. The second-order valence-electron chi connectivity index (χ2n) is 3.80. The van der Waals surface area contributed by atoms with E-state index in [0.29, 0.717) is 5.69 Å². The largest absolute Gasteiger partial charge is 0.363 e. The Morgan fingerprint density at radius 1 is 1.65 bits per heavy atom. The van der Waals surface area contributed by atoms with Crippen molar-refractivity contribution in [2.24, 2.45) is 5.73 Å². The Morgan fingerprint density at radius 2 is 2.35 bits per heavy atom. The number of nitrogens with one attached hydrogen (secondary N) is 1. The fraction of sp³-hybridized carbons (Fsp3) is 0.333. The van der Waals surface area contributed by atoms with Gasteiger partial charge in [0.15, 0.2) is 0 Å². The van der Waals surface area contributed by atoms with Crippen LogP contribution in [0.2, 0.25) is 0 Å². The summed E-state index contributed by atoms with van der Waals surface area (Å²) in [7, 11) is 3.78. The van der Waals surface area contributed by atoms with Gasteiger partial charge in [0.2, 0.25) is 5.91 Å². The molecule has 1 heterocycles. The van der Waals surface area contributed by atoms with Gasteiger partial charge in [-0.05, 0) is 12.1 Å². The first-order valence-electron chi connectivity index (χ1n) is 5.18. The molecule has 0 fully saturated rings. The minimum absolute atomic E-state index is 0.217. The van der Waals surface area contributed by atoms with E-state index in [2.05, 4.69) is 16.2 Å². The molecular weight excluding hydrogens is 216 g/mol. The highest BCUT2D eigenvalue weighted by Gasteiger charge is 2.12. The number of amides is 1. The van der Waals surface area contributed by atoms with Crippen molar-refractivity contribution in [3.05, 3.63) is 18.3 Å². The number of nitrogens with zero attached hydrogens (tertiary/aromatic N) is 2. The van der Waals surface area contributed by atoms with Crippen LogP contribution in [0, 0.1) is 12.3 Å². The molecule has 5 heteroatoms. The fourth-order valence-electron chi connectivity index (χ4n) is 1.18. The number of carbonyl (C=O) groups excluding carboxylic acids is 1. The molecule has 0 aliphatic carbocycles. The maximum Gasteiger partial charge on any atom is 0.242 e. The molecule has 1 aromatic rings. The topological polar surface area (TPSA) is 71.2 Å². The molecular formula is C12H16N4O. The van der Waals surface area contributed by atoms with Crippen LogP contribution in [-0.2, 0) is 4.79 Å². The van der Waals surface area contributed by atoms with Crippen LogP contribution in [-0.4, -0.2) is 31.0 Å². The molecule has 0 radical (unpaired) electrons. The first-order chi connectivity index (χ1) is 8.04. The van der Waals surface area contributed by atoms with E-state index >= 15 is 0 Å². The monoisotopic (exact) mass is 232 g/mol. The minimum Gasteiger partial charge on any atom is -0.363 e. The summed E-state index contributed by atoms with van der Waals surface area (Å²) < 4.78 is 0. The fourth-order valence-corrected chi connectivity index (χ4v) is 1.18. The van der Waals surface area contributed by atoms with E-state index < -0.39 is 6.04 Å². The molecule has 1 aromatic heterocycles. The van der Waals surface area contributed by atoms with Gasteiger partial charge in [0.05, 0.1) is 17.9 Å². The molecule has 5 nitrogen and oxygen atoms in total. The Hall–Kier alpha value is -2.06. The number of nitrogens with two attached hydrogens (primary N) is 1. The lowest BCUT2D eigenvalue weighted by molar-refractivity contribution is -0.117. The van der Waals surface area contributed by atoms with E-state index in [4.69, 9.17) is 12.2 Å². The molecule has 1 amide bonds. The molecule has 0 aliphatic rings. The number of hydrogen-bond donors (Lipinski definition) is 2. The number of aromatic nitrogens is 1. The van der Waals surface area contributed by atoms with Crippen molar-refractivity contribution in [3.63, 3.8) is 0 Å². The lowest BCUT2D eigenvalue weighted by Crippen LogP contribution is -2.35. The number of anilines is 2. The number of hydrogen-bond acceptors (Lipinski definition) is 4. The van der Waals surface area contributed by atoms with Gasteiger partial charge in [-0.3, -0.25) is 4.79 Å². The van der Waals surface area contributed by atoms with Crippen LogP contribution in [0.15, 0.2) is 18.3 Å². The summed E-state index contributed by atoms with van der Waals surface area (Å²) in [4.78, 5) is 17.6. The van der Waals surface area contributed by atoms with Gasteiger partial charge >= 0.3 is 0 Å². The van der Waals surface area contributed by atoms with Gasteiger partial charge in [0, 0.05) is 20.5 Å². The van der Waals surface area contributed by atoms with Crippen LogP contribution in [0.1, 0.15) is 6.42 Å². The Morgan fingerprint density at radius 3 is 2.82 bits per heavy atom. The maximum atomic E-state index is 11.6. The maximum absolute atomic E-state index is 11.6. The average molecular weight is 232 g/mol. The smallest absolute Gasteiger partial charge is 0.242 e. The van der Waals surface area contributed by atoms with Crippen LogP contribution in [0.5, 0.6) is 0 Å². The molecule has 0 saturated heterocycles. The van der Waals surface area contributed by atoms with E-state index in [-0.39, 0.29) is 12.3 Å². The molecule has 17 heavy (non-hydrogen) atoms. The Labute approximate surface area is 101 Å². The lowest BCUT2D eigenvalue weighted by Gasteiger charge is -2.12. The predicted molar refractivity (Wildman–Crippen MR) is 68.6 cm³/mol. The highest BCUT2D eigenvalue weighted by atomic mass is 16.2. The average Bonchev–Trinajstić information content (AvgIpc) is 2.30. The summed E-state index contributed by atoms with van der Waals surface area (Å²) in [5, 5.41) is 2.65. The van der Waals surface area contributed by atoms with Crippen LogP contribution in [0.4, 0.5) is 11.5 Å². The van der Waals surface area contributed by atoms with Gasteiger partial charge in [0.1, 0.15) is 5.82 Å². The molecule has 1 unspecified atom stereocenters. The van der Waals surface area contributed by atoms with Crippen LogP contribution in [0.25, 0.3) is 0 Å². The van der Waals surface area contributed by atoms with Gasteiger partial charge in [-0.25, -0.2) is 4.98 Å². The summed E-state index contributed by atoms with van der Waals surface area (Å²) in [6.45, 7) is 0. The number of terminal acetylenes is 1. The Bertz CT molecular complexity index is 419. The third-order valence-electron chi connectivity index (χ3n) is 2.15. The molecule has 0 spiro atoms.